The average molecular weight is 326 g/mol. The van der Waals surface area contributed by atoms with Gasteiger partial charge in [0.25, 0.3) is 0 Å². The van der Waals surface area contributed by atoms with Crippen molar-refractivity contribution in [2.75, 3.05) is 37.3 Å². The zero-order valence-electron chi connectivity index (χ0n) is 14.8. The fourth-order valence-corrected chi connectivity index (χ4v) is 4.50. The molecule has 6 nitrogen and oxygen atoms in total. The first kappa shape index (κ1) is 15.6. The molecule has 2 fully saturated rings. The van der Waals surface area contributed by atoms with Crippen molar-refractivity contribution in [1.29, 1.82) is 0 Å². The van der Waals surface area contributed by atoms with Crippen LogP contribution in [0.1, 0.15) is 36.9 Å². The van der Waals surface area contributed by atoms with Crippen molar-refractivity contribution in [3.8, 4) is 0 Å². The standard InChI is InChI=1S/C18H26N6/c1-12-10-13(2)21-16-14(12)15(19-3)22-17(23-16)20-11-18-6-4-8-24(18)9-5-7-18/h10H,4-9,11H2,1-3H3,(H2,19,20,21,22,23). The lowest BCUT2D eigenvalue weighted by atomic mass is 9.94. The van der Waals surface area contributed by atoms with Crippen LogP contribution in [0.2, 0.25) is 0 Å². The number of aryl methyl sites for hydroxylation is 2. The molecule has 0 atom stereocenters. The number of fused-ring (bicyclic) bond motifs is 2. The first-order valence-corrected chi connectivity index (χ1v) is 8.94. The van der Waals surface area contributed by atoms with E-state index in [9.17, 15) is 0 Å². The predicted molar refractivity (Wildman–Crippen MR) is 97.6 cm³/mol. The molecule has 2 N–H and O–H groups in total. The van der Waals surface area contributed by atoms with Crippen LogP contribution in [0, 0.1) is 13.8 Å². The molecule has 2 aliphatic rings. The summed E-state index contributed by atoms with van der Waals surface area (Å²) in [7, 11) is 1.90. The molecule has 0 aromatic carbocycles. The van der Waals surface area contributed by atoms with E-state index in [1.807, 2.05) is 14.0 Å². The maximum atomic E-state index is 4.69. The van der Waals surface area contributed by atoms with Gasteiger partial charge >= 0.3 is 0 Å². The second-order valence-corrected chi connectivity index (χ2v) is 7.20. The minimum Gasteiger partial charge on any atom is -0.372 e. The molecular weight excluding hydrogens is 300 g/mol. The van der Waals surface area contributed by atoms with Gasteiger partial charge in [-0.15, -0.1) is 0 Å². The summed E-state index contributed by atoms with van der Waals surface area (Å²) in [4.78, 5) is 16.6. The molecule has 0 saturated carbocycles. The van der Waals surface area contributed by atoms with Crippen LogP contribution >= 0.6 is 0 Å². The zero-order chi connectivity index (χ0) is 16.7. The van der Waals surface area contributed by atoms with Gasteiger partial charge in [-0.1, -0.05) is 0 Å². The quantitative estimate of drug-likeness (QED) is 0.900. The highest BCUT2D eigenvalue weighted by atomic mass is 15.3. The van der Waals surface area contributed by atoms with Crippen LogP contribution in [-0.2, 0) is 0 Å². The van der Waals surface area contributed by atoms with Crippen LogP contribution < -0.4 is 10.6 Å². The Morgan fingerprint density at radius 2 is 1.88 bits per heavy atom. The SMILES string of the molecule is CNc1nc(NCC23CCCN2CCC3)nc2nc(C)cc(C)c12. The third-order valence-corrected chi connectivity index (χ3v) is 5.62. The van der Waals surface area contributed by atoms with E-state index in [0.29, 0.717) is 11.5 Å². The van der Waals surface area contributed by atoms with Gasteiger partial charge in [-0.2, -0.15) is 9.97 Å². The summed E-state index contributed by atoms with van der Waals surface area (Å²) in [6.07, 6.45) is 5.18. The summed E-state index contributed by atoms with van der Waals surface area (Å²) in [5.74, 6) is 1.53. The van der Waals surface area contributed by atoms with Crippen LogP contribution in [0.15, 0.2) is 6.07 Å². The van der Waals surface area contributed by atoms with E-state index in [1.165, 1.54) is 38.8 Å². The largest absolute Gasteiger partial charge is 0.372 e. The Kier molecular flexibility index (Phi) is 3.79. The van der Waals surface area contributed by atoms with Crippen molar-refractivity contribution in [2.24, 2.45) is 0 Å². The summed E-state index contributed by atoms with van der Waals surface area (Å²) >= 11 is 0. The lowest BCUT2D eigenvalue weighted by Crippen LogP contribution is -2.44. The van der Waals surface area contributed by atoms with Crippen LogP contribution in [-0.4, -0.2) is 52.1 Å². The molecule has 4 rings (SSSR count). The van der Waals surface area contributed by atoms with Crippen molar-refractivity contribution in [1.82, 2.24) is 19.9 Å². The number of hydrogen-bond donors (Lipinski definition) is 2. The maximum absolute atomic E-state index is 4.69. The number of aromatic nitrogens is 3. The van der Waals surface area contributed by atoms with Gasteiger partial charge in [0.15, 0.2) is 5.65 Å². The number of rotatable bonds is 4. The smallest absolute Gasteiger partial charge is 0.226 e. The van der Waals surface area contributed by atoms with Crippen LogP contribution in [0.25, 0.3) is 11.0 Å². The Morgan fingerprint density at radius 3 is 2.58 bits per heavy atom. The molecule has 24 heavy (non-hydrogen) atoms. The molecule has 0 aliphatic carbocycles. The molecule has 0 amide bonds. The topological polar surface area (TPSA) is 66.0 Å². The number of nitrogens with zero attached hydrogens (tertiary/aromatic N) is 4. The molecule has 0 unspecified atom stereocenters. The first-order chi connectivity index (χ1) is 11.6. The maximum Gasteiger partial charge on any atom is 0.226 e. The molecular formula is C18H26N6. The van der Waals surface area contributed by atoms with E-state index in [1.54, 1.807) is 0 Å². The molecule has 0 radical (unpaired) electrons. The summed E-state index contributed by atoms with van der Waals surface area (Å²) in [5.41, 5.74) is 3.23. The van der Waals surface area contributed by atoms with E-state index in [0.717, 1.165) is 34.7 Å². The summed E-state index contributed by atoms with van der Waals surface area (Å²) in [6, 6.07) is 2.08. The van der Waals surface area contributed by atoms with Gasteiger partial charge in [-0.05, 0) is 64.3 Å². The lowest BCUT2D eigenvalue weighted by Gasteiger charge is -2.32. The second kappa shape index (κ2) is 5.84. The Balaban J connectivity index is 1.65. The van der Waals surface area contributed by atoms with Crippen molar-refractivity contribution in [3.63, 3.8) is 0 Å². The van der Waals surface area contributed by atoms with E-state index in [2.05, 4.69) is 43.5 Å². The van der Waals surface area contributed by atoms with Crippen LogP contribution in [0.5, 0.6) is 0 Å². The molecule has 4 heterocycles. The molecule has 2 aliphatic heterocycles. The van der Waals surface area contributed by atoms with E-state index in [-0.39, 0.29) is 0 Å². The molecule has 128 valence electrons. The normalized spacial score (nSPS) is 19.6. The highest BCUT2D eigenvalue weighted by Gasteiger charge is 2.43. The van der Waals surface area contributed by atoms with Gasteiger partial charge in [0.1, 0.15) is 5.82 Å². The monoisotopic (exact) mass is 326 g/mol. The fraction of sp³-hybridized carbons (Fsp3) is 0.611. The molecule has 2 aromatic heterocycles. The Labute approximate surface area is 143 Å². The van der Waals surface area contributed by atoms with Crippen molar-refractivity contribution >= 4 is 22.8 Å². The van der Waals surface area contributed by atoms with E-state index in [4.69, 9.17) is 0 Å². The zero-order valence-corrected chi connectivity index (χ0v) is 14.8. The Bertz CT molecular complexity index is 762. The second-order valence-electron chi connectivity index (χ2n) is 7.20. The Hall–Kier alpha value is -1.95. The van der Waals surface area contributed by atoms with Gasteiger partial charge in [0.05, 0.1) is 5.39 Å². The van der Waals surface area contributed by atoms with Crippen molar-refractivity contribution < 1.29 is 0 Å². The molecule has 0 spiro atoms. The predicted octanol–water partition coefficient (Wildman–Crippen LogP) is 2.72. The number of nitrogens with one attached hydrogen (secondary N) is 2. The highest BCUT2D eigenvalue weighted by Crippen LogP contribution is 2.38. The van der Waals surface area contributed by atoms with E-state index < -0.39 is 0 Å². The minimum atomic E-state index is 0.314. The molecule has 2 aromatic rings. The van der Waals surface area contributed by atoms with Crippen LogP contribution in [0.4, 0.5) is 11.8 Å². The Morgan fingerprint density at radius 1 is 1.12 bits per heavy atom. The van der Waals surface area contributed by atoms with Gasteiger partial charge < -0.3 is 10.6 Å². The molecule has 0 bridgehead atoms. The van der Waals surface area contributed by atoms with Crippen LogP contribution in [0.3, 0.4) is 0 Å². The average Bonchev–Trinajstić information content (AvgIpc) is 3.11. The van der Waals surface area contributed by atoms with Crippen molar-refractivity contribution in [3.05, 3.63) is 17.3 Å². The summed E-state index contributed by atoms with van der Waals surface area (Å²) in [5, 5.41) is 7.72. The number of hydrogen-bond acceptors (Lipinski definition) is 6. The minimum absolute atomic E-state index is 0.314. The lowest BCUT2D eigenvalue weighted by molar-refractivity contribution is 0.209. The van der Waals surface area contributed by atoms with Gasteiger partial charge in [-0.3, -0.25) is 4.90 Å². The summed E-state index contributed by atoms with van der Waals surface area (Å²) < 4.78 is 0. The third-order valence-electron chi connectivity index (χ3n) is 5.62. The molecule has 2 saturated heterocycles. The van der Waals surface area contributed by atoms with Gasteiger partial charge in [0, 0.05) is 24.8 Å². The van der Waals surface area contributed by atoms with Gasteiger partial charge in [-0.25, -0.2) is 4.98 Å². The van der Waals surface area contributed by atoms with Crippen molar-refractivity contribution in [2.45, 2.75) is 45.1 Å². The number of pyridine rings is 1. The highest BCUT2D eigenvalue weighted by molar-refractivity contribution is 5.90. The number of anilines is 2. The fourth-order valence-electron chi connectivity index (χ4n) is 4.50. The van der Waals surface area contributed by atoms with E-state index >= 15 is 0 Å². The third kappa shape index (κ3) is 2.49. The molecule has 6 heteroatoms. The first-order valence-electron chi connectivity index (χ1n) is 8.94. The summed E-state index contributed by atoms with van der Waals surface area (Å²) in [6.45, 7) is 7.49. The van der Waals surface area contributed by atoms with Gasteiger partial charge in [0.2, 0.25) is 5.95 Å².